The molecule has 1 fully saturated rings. The van der Waals surface area contributed by atoms with Gasteiger partial charge in [0, 0.05) is 19.9 Å². The molecule has 0 saturated carbocycles. The van der Waals surface area contributed by atoms with Crippen molar-refractivity contribution in [2.45, 2.75) is 32.0 Å². The van der Waals surface area contributed by atoms with Crippen LogP contribution in [0.1, 0.15) is 30.4 Å². The Balaban J connectivity index is 1.75. The zero-order valence-corrected chi connectivity index (χ0v) is 15.4. The molecule has 0 radical (unpaired) electrons. The molecule has 140 valence electrons. The van der Waals surface area contributed by atoms with Crippen LogP contribution in [0.3, 0.4) is 0 Å². The predicted octanol–water partition coefficient (Wildman–Crippen LogP) is 2.17. The Bertz CT molecular complexity index is 973. The maximum atomic E-state index is 13.1. The zero-order valence-electron chi connectivity index (χ0n) is 15.4. The lowest BCUT2D eigenvalue weighted by Crippen LogP contribution is -2.33. The van der Waals surface area contributed by atoms with E-state index < -0.39 is 0 Å². The quantitative estimate of drug-likeness (QED) is 0.667. The molecule has 3 heterocycles. The molecule has 0 amide bonds. The highest BCUT2D eigenvalue weighted by molar-refractivity contribution is 5.77. The molecule has 7 heteroatoms. The lowest BCUT2D eigenvalue weighted by Gasteiger charge is -2.26. The van der Waals surface area contributed by atoms with E-state index in [1.165, 1.54) is 0 Å². The van der Waals surface area contributed by atoms with Crippen LogP contribution in [0.15, 0.2) is 47.4 Å². The van der Waals surface area contributed by atoms with Crippen LogP contribution in [-0.2, 0) is 17.8 Å². The van der Waals surface area contributed by atoms with Gasteiger partial charge in [-0.15, -0.1) is 0 Å². The summed E-state index contributed by atoms with van der Waals surface area (Å²) in [6, 6.07) is 11.5. The summed E-state index contributed by atoms with van der Waals surface area (Å²) in [6.45, 7) is 2.63. The SMILES string of the molecule is COCCn1c(C2CCCN2Cc2cccnn2)nc2ccccc2c1=O. The van der Waals surface area contributed by atoms with Crippen LogP contribution in [0, 0.1) is 0 Å². The van der Waals surface area contributed by atoms with Gasteiger partial charge in [-0.05, 0) is 43.7 Å². The van der Waals surface area contributed by atoms with Gasteiger partial charge in [0.25, 0.3) is 5.56 Å². The molecule has 2 aromatic heterocycles. The molecule has 4 rings (SSSR count). The fraction of sp³-hybridized carbons (Fsp3) is 0.400. The Kier molecular flexibility index (Phi) is 5.22. The second-order valence-electron chi connectivity index (χ2n) is 6.78. The molecule has 1 aliphatic heterocycles. The molecule has 1 unspecified atom stereocenters. The Hall–Kier alpha value is -2.64. The highest BCUT2D eigenvalue weighted by atomic mass is 16.5. The first-order valence-electron chi connectivity index (χ1n) is 9.27. The number of methoxy groups -OCH3 is 1. The summed E-state index contributed by atoms with van der Waals surface area (Å²) >= 11 is 0. The van der Waals surface area contributed by atoms with Gasteiger partial charge in [-0.25, -0.2) is 4.98 Å². The van der Waals surface area contributed by atoms with Gasteiger partial charge in [0.15, 0.2) is 0 Å². The molecule has 0 spiro atoms. The van der Waals surface area contributed by atoms with Crippen molar-refractivity contribution in [3.63, 3.8) is 0 Å². The summed E-state index contributed by atoms with van der Waals surface area (Å²) in [5.41, 5.74) is 1.67. The molecule has 0 bridgehead atoms. The number of aromatic nitrogens is 4. The third kappa shape index (κ3) is 3.61. The standard InChI is InChI=1S/C20H23N5O2/c1-27-13-12-25-19(22-17-8-3-2-7-16(17)20(25)26)18-9-5-11-24(18)14-15-6-4-10-21-23-15/h2-4,6-8,10,18H,5,9,11-14H2,1H3. The van der Waals surface area contributed by atoms with E-state index in [1.54, 1.807) is 17.9 Å². The number of benzene rings is 1. The smallest absolute Gasteiger partial charge is 0.261 e. The summed E-state index contributed by atoms with van der Waals surface area (Å²) in [7, 11) is 1.65. The first-order chi connectivity index (χ1) is 13.3. The highest BCUT2D eigenvalue weighted by Crippen LogP contribution is 2.32. The molecule has 0 aliphatic carbocycles. The molecule has 1 aromatic carbocycles. The Morgan fingerprint density at radius 2 is 2.11 bits per heavy atom. The molecule has 1 atom stereocenters. The van der Waals surface area contributed by atoms with Gasteiger partial charge in [0.1, 0.15) is 5.82 Å². The summed E-state index contributed by atoms with van der Waals surface area (Å²) in [5.74, 6) is 0.817. The normalized spacial score (nSPS) is 17.6. The van der Waals surface area contributed by atoms with E-state index in [1.807, 2.05) is 36.4 Å². The Labute approximate surface area is 157 Å². The van der Waals surface area contributed by atoms with Gasteiger partial charge in [-0.2, -0.15) is 10.2 Å². The minimum Gasteiger partial charge on any atom is -0.383 e. The molecule has 0 N–H and O–H groups in total. The lowest BCUT2D eigenvalue weighted by atomic mass is 10.1. The van der Waals surface area contributed by atoms with E-state index in [-0.39, 0.29) is 11.6 Å². The summed E-state index contributed by atoms with van der Waals surface area (Å²) in [6.07, 6.45) is 3.72. The molecule has 27 heavy (non-hydrogen) atoms. The number of ether oxygens (including phenoxy) is 1. The third-order valence-electron chi connectivity index (χ3n) is 5.06. The molecular formula is C20H23N5O2. The molecular weight excluding hydrogens is 342 g/mol. The number of nitrogens with zero attached hydrogens (tertiary/aromatic N) is 5. The topological polar surface area (TPSA) is 73.1 Å². The fourth-order valence-corrected chi connectivity index (χ4v) is 3.77. The first-order valence-corrected chi connectivity index (χ1v) is 9.27. The van der Waals surface area contributed by atoms with Crippen LogP contribution in [0.2, 0.25) is 0 Å². The van der Waals surface area contributed by atoms with Crippen LogP contribution >= 0.6 is 0 Å². The van der Waals surface area contributed by atoms with Crippen molar-refractivity contribution < 1.29 is 4.74 Å². The number of hydrogen-bond donors (Lipinski definition) is 0. The van der Waals surface area contributed by atoms with Crippen LogP contribution < -0.4 is 5.56 Å². The first kappa shape index (κ1) is 17.8. The van der Waals surface area contributed by atoms with Gasteiger partial charge in [0.05, 0.1) is 35.8 Å². The van der Waals surface area contributed by atoms with E-state index >= 15 is 0 Å². The summed E-state index contributed by atoms with van der Waals surface area (Å²) in [5, 5.41) is 8.83. The van der Waals surface area contributed by atoms with Gasteiger partial charge in [0.2, 0.25) is 0 Å². The Morgan fingerprint density at radius 1 is 1.22 bits per heavy atom. The minimum atomic E-state index is -0.000923. The third-order valence-corrected chi connectivity index (χ3v) is 5.06. The second kappa shape index (κ2) is 7.94. The Morgan fingerprint density at radius 3 is 2.93 bits per heavy atom. The van der Waals surface area contributed by atoms with Crippen LogP contribution in [0.4, 0.5) is 0 Å². The lowest BCUT2D eigenvalue weighted by molar-refractivity contribution is 0.178. The maximum absolute atomic E-state index is 13.1. The van der Waals surface area contributed by atoms with Crippen molar-refractivity contribution in [3.8, 4) is 0 Å². The van der Waals surface area contributed by atoms with Crippen molar-refractivity contribution in [2.75, 3.05) is 20.3 Å². The van der Waals surface area contributed by atoms with Crippen molar-refractivity contribution in [1.82, 2.24) is 24.6 Å². The maximum Gasteiger partial charge on any atom is 0.261 e. The van der Waals surface area contributed by atoms with E-state index in [4.69, 9.17) is 9.72 Å². The average Bonchev–Trinajstić information content (AvgIpc) is 3.16. The molecule has 3 aromatic rings. The van der Waals surface area contributed by atoms with Crippen molar-refractivity contribution in [3.05, 3.63) is 64.5 Å². The largest absolute Gasteiger partial charge is 0.383 e. The molecule has 7 nitrogen and oxygen atoms in total. The van der Waals surface area contributed by atoms with Crippen molar-refractivity contribution in [2.24, 2.45) is 0 Å². The predicted molar refractivity (Wildman–Crippen MR) is 102 cm³/mol. The number of para-hydroxylation sites is 1. The van der Waals surface area contributed by atoms with E-state index in [2.05, 4.69) is 15.1 Å². The van der Waals surface area contributed by atoms with Gasteiger partial charge in [-0.1, -0.05) is 12.1 Å². The van der Waals surface area contributed by atoms with Crippen molar-refractivity contribution >= 4 is 10.9 Å². The number of hydrogen-bond acceptors (Lipinski definition) is 6. The highest BCUT2D eigenvalue weighted by Gasteiger charge is 2.30. The number of fused-ring (bicyclic) bond motifs is 1. The van der Waals surface area contributed by atoms with E-state index in [0.29, 0.717) is 25.1 Å². The minimum absolute atomic E-state index is 0.000923. The second-order valence-corrected chi connectivity index (χ2v) is 6.78. The van der Waals surface area contributed by atoms with Gasteiger partial charge in [-0.3, -0.25) is 14.3 Å². The van der Waals surface area contributed by atoms with Crippen LogP contribution in [0.25, 0.3) is 10.9 Å². The zero-order chi connectivity index (χ0) is 18.6. The number of rotatable bonds is 6. The molecule has 1 saturated heterocycles. The van der Waals surface area contributed by atoms with Crippen LogP contribution in [0.5, 0.6) is 0 Å². The average molecular weight is 365 g/mol. The van der Waals surface area contributed by atoms with E-state index in [9.17, 15) is 4.79 Å². The molecule has 1 aliphatic rings. The fourth-order valence-electron chi connectivity index (χ4n) is 3.77. The monoisotopic (exact) mass is 365 g/mol. The number of likely N-dealkylation sites (tertiary alicyclic amines) is 1. The summed E-state index contributed by atoms with van der Waals surface area (Å²) < 4.78 is 7.02. The summed E-state index contributed by atoms with van der Waals surface area (Å²) in [4.78, 5) is 20.3. The van der Waals surface area contributed by atoms with E-state index in [0.717, 1.165) is 36.4 Å². The van der Waals surface area contributed by atoms with Gasteiger partial charge < -0.3 is 4.74 Å². The van der Waals surface area contributed by atoms with Crippen molar-refractivity contribution in [1.29, 1.82) is 0 Å². The van der Waals surface area contributed by atoms with Crippen LogP contribution in [-0.4, -0.2) is 44.9 Å². The van der Waals surface area contributed by atoms with Gasteiger partial charge >= 0.3 is 0 Å².